The summed E-state index contributed by atoms with van der Waals surface area (Å²) >= 11 is 6.46. The number of amides is 1. The Morgan fingerprint density at radius 1 is 1.20 bits per heavy atom. The first-order valence-corrected chi connectivity index (χ1v) is 7.33. The monoisotopic (exact) mass is 398 g/mol. The quantitative estimate of drug-likeness (QED) is 0.859. The average molecular weight is 400 g/mol. The van der Waals surface area contributed by atoms with Crippen LogP contribution >= 0.6 is 31.9 Å². The largest absolute Gasteiger partial charge is 0.378 e. The molecular weight excluding hydrogens is 388 g/mol. The highest BCUT2D eigenvalue weighted by molar-refractivity contribution is 9.11. The lowest BCUT2D eigenvalue weighted by Crippen LogP contribution is -2.14. The molecule has 1 amide bonds. The van der Waals surface area contributed by atoms with Gasteiger partial charge in [-0.2, -0.15) is 0 Å². The second-order valence-corrected chi connectivity index (χ2v) is 5.79. The molecule has 0 aliphatic heterocycles. The van der Waals surface area contributed by atoms with E-state index in [4.69, 9.17) is 0 Å². The van der Waals surface area contributed by atoms with Crippen LogP contribution in [-0.2, 0) is 0 Å². The Hall–Kier alpha value is -1.47. The first kappa shape index (κ1) is 14.9. The number of carbonyl (C=O) groups is 1. The predicted molar refractivity (Wildman–Crippen MR) is 86.2 cm³/mol. The van der Waals surface area contributed by atoms with Crippen LogP contribution in [-0.4, -0.2) is 30.0 Å². The van der Waals surface area contributed by atoms with Gasteiger partial charge in [-0.15, -0.1) is 0 Å². The van der Waals surface area contributed by atoms with Crippen LogP contribution in [0.1, 0.15) is 10.4 Å². The van der Waals surface area contributed by atoms with E-state index in [0.717, 1.165) is 5.69 Å². The maximum atomic E-state index is 12.1. The Kier molecular flexibility index (Phi) is 4.72. The summed E-state index contributed by atoms with van der Waals surface area (Å²) in [5.74, 6) is 0.155. The molecule has 20 heavy (non-hydrogen) atoms. The number of nitrogens with one attached hydrogen (secondary N) is 1. The van der Waals surface area contributed by atoms with Gasteiger partial charge in [0.05, 0.1) is 6.20 Å². The summed E-state index contributed by atoms with van der Waals surface area (Å²) in [5.41, 5.74) is 1.60. The van der Waals surface area contributed by atoms with E-state index in [1.54, 1.807) is 12.1 Å². The molecule has 104 valence electrons. The van der Waals surface area contributed by atoms with Crippen LogP contribution in [0.15, 0.2) is 39.7 Å². The van der Waals surface area contributed by atoms with Crippen LogP contribution in [0, 0.1) is 0 Å². The molecule has 0 radical (unpaired) electrons. The molecule has 0 unspecified atom stereocenters. The molecule has 1 N–H and O–H groups in total. The molecular formula is C13H12Br2N4O. The molecule has 5 nitrogen and oxygen atoms in total. The van der Waals surface area contributed by atoms with Crippen molar-refractivity contribution in [1.29, 1.82) is 0 Å². The van der Waals surface area contributed by atoms with Gasteiger partial charge in [-0.1, -0.05) is 0 Å². The van der Waals surface area contributed by atoms with Crippen molar-refractivity contribution in [2.75, 3.05) is 24.3 Å². The SMILES string of the molecule is CN(C)c1ccc(C(=O)Nc2ncc(Br)nc2Br)cc1. The standard InChI is InChI=1S/C13H12Br2N4O/c1-19(2)9-5-3-8(4-6-9)13(20)18-12-11(15)17-10(14)7-16-12/h3-7H,1-2H3,(H,16,18,20). The lowest BCUT2D eigenvalue weighted by Gasteiger charge is -2.12. The number of carbonyl (C=O) groups excluding carboxylic acids is 1. The maximum Gasteiger partial charge on any atom is 0.256 e. The average Bonchev–Trinajstić information content (AvgIpc) is 2.42. The lowest BCUT2D eigenvalue weighted by molar-refractivity contribution is 0.102. The van der Waals surface area contributed by atoms with E-state index in [-0.39, 0.29) is 5.91 Å². The third kappa shape index (κ3) is 3.55. The fraction of sp³-hybridized carbons (Fsp3) is 0.154. The Morgan fingerprint density at radius 3 is 2.40 bits per heavy atom. The Morgan fingerprint density at radius 2 is 1.85 bits per heavy atom. The van der Waals surface area contributed by atoms with Crippen molar-refractivity contribution >= 4 is 49.3 Å². The van der Waals surface area contributed by atoms with Crippen molar-refractivity contribution in [2.45, 2.75) is 0 Å². The zero-order chi connectivity index (χ0) is 14.7. The summed E-state index contributed by atoms with van der Waals surface area (Å²) in [6.07, 6.45) is 1.52. The van der Waals surface area contributed by atoms with Crippen LogP contribution in [0.4, 0.5) is 11.5 Å². The summed E-state index contributed by atoms with van der Waals surface area (Å²) in [6, 6.07) is 7.31. The van der Waals surface area contributed by atoms with Gasteiger partial charge >= 0.3 is 0 Å². The normalized spacial score (nSPS) is 10.2. The van der Waals surface area contributed by atoms with Crippen molar-refractivity contribution in [3.8, 4) is 0 Å². The molecule has 0 saturated heterocycles. The number of hydrogen-bond donors (Lipinski definition) is 1. The number of benzene rings is 1. The first-order valence-electron chi connectivity index (χ1n) is 5.74. The summed E-state index contributed by atoms with van der Waals surface area (Å²) in [6.45, 7) is 0. The summed E-state index contributed by atoms with van der Waals surface area (Å²) in [5, 5.41) is 2.71. The number of hydrogen-bond acceptors (Lipinski definition) is 4. The fourth-order valence-corrected chi connectivity index (χ4v) is 2.43. The van der Waals surface area contributed by atoms with Gasteiger partial charge in [0.1, 0.15) is 9.21 Å². The molecule has 2 rings (SSSR count). The highest BCUT2D eigenvalue weighted by atomic mass is 79.9. The van der Waals surface area contributed by atoms with E-state index in [1.165, 1.54) is 6.20 Å². The van der Waals surface area contributed by atoms with Gasteiger partial charge < -0.3 is 10.2 Å². The van der Waals surface area contributed by atoms with Gasteiger partial charge in [-0.25, -0.2) is 9.97 Å². The summed E-state index contributed by atoms with van der Waals surface area (Å²) in [4.78, 5) is 22.3. The summed E-state index contributed by atoms with van der Waals surface area (Å²) in [7, 11) is 3.90. The molecule has 1 aromatic heterocycles. The van der Waals surface area contributed by atoms with E-state index in [2.05, 4.69) is 47.1 Å². The van der Waals surface area contributed by atoms with Crippen LogP contribution in [0.25, 0.3) is 0 Å². The van der Waals surface area contributed by atoms with E-state index in [0.29, 0.717) is 20.6 Å². The molecule has 0 aliphatic rings. The van der Waals surface area contributed by atoms with Crippen molar-refractivity contribution < 1.29 is 4.79 Å². The highest BCUT2D eigenvalue weighted by Gasteiger charge is 2.10. The van der Waals surface area contributed by atoms with Crippen LogP contribution in [0.2, 0.25) is 0 Å². The van der Waals surface area contributed by atoms with Gasteiger partial charge in [0.15, 0.2) is 5.82 Å². The van der Waals surface area contributed by atoms with Gasteiger partial charge in [0.25, 0.3) is 5.91 Å². The van der Waals surface area contributed by atoms with Crippen molar-refractivity contribution in [1.82, 2.24) is 9.97 Å². The Bertz CT molecular complexity index is 629. The minimum Gasteiger partial charge on any atom is -0.378 e. The topological polar surface area (TPSA) is 58.1 Å². The summed E-state index contributed by atoms with van der Waals surface area (Å²) < 4.78 is 1.07. The Balaban J connectivity index is 2.15. The number of rotatable bonds is 3. The van der Waals surface area contributed by atoms with Crippen LogP contribution in [0.5, 0.6) is 0 Å². The van der Waals surface area contributed by atoms with E-state index in [1.807, 2.05) is 31.1 Å². The van der Waals surface area contributed by atoms with E-state index < -0.39 is 0 Å². The second-order valence-electron chi connectivity index (χ2n) is 4.23. The fourth-order valence-electron chi connectivity index (χ4n) is 1.52. The molecule has 0 aliphatic carbocycles. The van der Waals surface area contributed by atoms with Gasteiger partial charge in [0, 0.05) is 25.3 Å². The molecule has 0 bridgehead atoms. The highest BCUT2D eigenvalue weighted by Crippen LogP contribution is 2.20. The number of halogens is 2. The zero-order valence-corrected chi connectivity index (χ0v) is 14.1. The van der Waals surface area contributed by atoms with Crippen molar-refractivity contribution in [3.63, 3.8) is 0 Å². The van der Waals surface area contributed by atoms with E-state index in [9.17, 15) is 4.79 Å². The molecule has 0 atom stereocenters. The van der Waals surface area contributed by atoms with Gasteiger partial charge in [-0.3, -0.25) is 4.79 Å². The molecule has 0 fully saturated rings. The Labute approximate surface area is 133 Å². The van der Waals surface area contributed by atoms with Crippen LogP contribution in [0.3, 0.4) is 0 Å². The molecule has 2 aromatic rings. The minimum atomic E-state index is -0.229. The van der Waals surface area contributed by atoms with Gasteiger partial charge in [0.2, 0.25) is 0 Å². The van der Waals surface area contributed by atoms with Crippen molar-refractivity contribution in [2.24, 2.45) is 0 Å². The number of anilines is 2. The number of aromatic nitrogens is 2. The zero-order valence-electron chi connectivity index (χ0n) is 10.9. The third-order valence-electron chi connectivity index (χ3n) is 2.58. The van der Waals surface area contributed by atoms with Crippen molar-refractivity contribution in [3.05, 3.63) is 45.2 Å². The van der Waals surface area contributed by atoms with E-state index >= 15 is 0 Å². The molecule has 1 aromatic carbocycles. The lowest BCUT2D eigenvalue weighted by atomic mass is 10.2. The first-order chi connectivity index (χ1) is 9.47. The minimum absolute atomic E-state index is 0.229. The maximum absolute atomic E-state index is 12.1. The molecule has 1 heterocycles. The second kappa shape index (κ2) is 6.32. The van der Waals surface area contributed by atoms with Crippen LogP contribution < -0.4 is 10.2 Å². The molecule has 0 saturated carbocycles. The molecule has 7 heteroatoms. The third-order valence-corrected chi connectivity index (χ3v) is 3.51. The van der Waals surface area contributed by atoms with Gasteiger partial charge in [-0.05, 0) is 56.1 Å². The number of nitrogens with zero attached hydrogens (tertiary/aromatic N) is 3. The molecule has 0 spiro atoms. The smallest absolute Gasteiger partial charge is 0.256 e. The predicted octanol–water partition coefficient (Wildman–Crippen LogP) is 3.32.